The lowest BCUT2D eigenvalue weighted by atomic mass is 10.2. The predicted molar refractivity (Wildman–Crippen MR) is 75.2 cm³/mol. The molecule has 5 nitrogen and oxygen atoms in total. The highest BCUT2D eigenvalue weighted by atomic mass is 16.5. The van der Waals surface area contributed by atoms with Gasteiger partial charge in [0.15, 0.2) is 0 Å². The Kier molecular flexibility index (Phi) is 3.52. The summed E-state index contributed by atoms with van der Waals surface area (Å²) in [7, 11) is 0. The summed E-state index contributed by atoms with van der Waals surface area (Å²) in [6, 6.07) is 9.42. The van der Waals surface area contributed by atoms with Crippen LogP contribution in [0, 0.1) is 5.41 Å². The van der Waals surface area contributed by atoms with Gasteiger partial charge in [0, 0.05) is 24.7 Å². The molecule has 1 aromatic carbocycles. The molecule has 1 fully saturated rings. The number of nitrogens with zero attached hydrogens (tertiary/aromatic N) is 2. The van der Waals surface area contributed by atoms with E-state index in [0.29, 0.717) is 38.2 Å². The number of aromatic nitrogens is 1. The molecule has 0 aliphatic carbocycles. The van der Waals surface area contributed by atoms with Crippen LogP contribution >= 0.6 is 0 Å². The van der Waals surface area contributed by atoms with Crippen molar-refractivity contribution in [1.82, 2.24) is 9.47 Å². The number of nitrogens with one attached hydrogen (secondary N) is 1. The van der Waals surface area contributed by atoms with Gasteiger partial charge in [0.1, 0.15) is 6.54 Å². The summed E-state index contributed by atoms with van der Waals surface area (Å²) >= 11 is 0. The lowest BCUT2D eigenvalue weighted by molar-refractivity contribution is -0.135. The average molecular weight is 271 g/mol. The van der Waals surface area contributed by atoms with Crippen LogP contribution in [0.15, 0.2) is 36.5 Å². The number of carbonyl (C=O) groups excluding carboxylic acids is 1. The number of pyridine rings is 1. The normalized spacial score (nSPS) is 15.5. The van der Waals surface area contributed by atoms with Crippen molar-refractivity contribution >= 4 is 16.8 Å². The Morgan fingerprint density at radius 3 is 2.75 bits per heavy atom. The van der Waals surface area contributed by atoms with Crippen molar-refractivity contribution in [2.45, 2.75) is 6.54 Å². The Balaban J connectivity index is 1.89. The van der Waals surface area contributed by atoms with Crippen LogP contribution in [-0.2, 0) is 16.1 Å². The number of morpholine rings is 1. The van der Waals surface area contributed by atoms with E-state index in [1.54, 1.807) is 6.07 Å². The highest BCUT2D eigenvalue weighted by Crippen LogP contribution is 2.10. The van der Waals surface area contributed by atoms with Crippen LogP contribution in [0.5, 0.6) is 0 Å². The number of amides is 1. The van der Waals surface area contributed by atoms with Gasteiger partial charge in [-0.2, -0.15) is 0 Å². The van der Waals surface area contributed by atoms with Crippen LogP contribution in [0.3, 0.4) is 0 Å². The minimum absolute atomic E-state index is 0.0983. The average Bonchev–Trinajstić information content (AvgIpc) is 2.51. The molecule has 0 atom stereocenters. The Morgan fingerprint density at radius 1 is 1.20 bits per heavy atom. The summed E-state index contributed by atoms with van der Waals surface area (Å²) in [5, 5.41) is 9.26. The van der Waals surface area contributed by atoms with E-state index < -0.39 is 0 Å². The fourth-order valence-corrected chi connectivity index (χ4v) is 2.48. The van der Waals surface area contributed by atoms with Crippen molar-refractivity contribution in [1.29, 1.82) is 5.41 Å². The first-order valence-electron chi connectivity index (χ1n) is 6.74. The Bertz CT molecular complexity index is 687. The molecule has 3 rings (SSSR count). The van der Waals surface area contributed by atoms with E-state index in [2.05, 4.69) is 0 Å². The molecular weight excluding hydrogens is 254 g/mol. The molecule has 104 valence electrons. The molecule has 2 aromatic rings. The van der Waals surface area contributed by atoms with Crippen molar-refractivity contribution in [3.63, 3.8) is 0 Å². The third-order valence-electron chi connectivity index (χ3n) is 3.59. The first-order valence-corrected chi connectivity index (χ1v) is 6.74. The number of para-hydroxylation sites is 1. The van der Waals surface area contributed by atoms with E-state index in [-0.39, 0.29) is 5.91 Å². The number of hydrogen-bond acceptors (Lipinski definition) is 3. The van der Waals surface area contributed by atoms with Gasteiger partial charge in [-0.3, -0.25) is 4.79 Å². The number of ether oxygens (including phenoxy) is 1. The van der Waals surface area contributed by atoms with Gasteiger partial charge in [0.25, 0.3) is 0 Å². The first kappa shape index (κ1) is 12.9. The van der Waals surface area contributed by atoms with Crippen LogP contribution in [0.2, 0.25) is 0 Å². The minimum atomic E-state index is 0.0983. The molecule has 0 saturated carbocycles. The highest BCUT2D eigenvalue weighted by Gasteiger charge is 2.17. The Hall–Kier alpha value is -2.14. The van der Waals surface area contributed by atoms with E-state index in [9.17, 15) is 4.79 Å². The first-order chi connectivity index (χ1) is 9.75. The van der Waals surface area contributed by atoms with Gasteiger partial charge in [-0.25, -0.2) is 0 Å². The maximum Gasteiger partial charge on any atom is 0.242 e. The topological polar surface area (TPSA) is 58.3 Å². The van der Waals surface area contributed by atoms with Gasteiger partial charge in [-0.15, -0.1) is 0 Å². The van der Waals surface area contributed by atoms with Gasteiger partial charge in [-0.1, -0.05) is 18.2 Å². The van der Waals surface area contributed by atoms with E-state index in [1.807, 2.05) is 39.9 Å². The monoisotopic (exact) mass is 271 g/mol. The summed E-state index contributed by atoms with van der Waals surface area (Å²) < 4.78 is 7.17. The number of benzene rings is 1. The van der Waals surface area contributed by atoms with Gasteiger partial charge in [0.05, 0.1) is 24.1 Å². The molecule has 0 radical (unpaired) electrons. The summed E-state index contributed by atoms with van der Waals surface area (Å²) in [6.07, 6.45) is 1.81. The standard InChI is InChI=1S/C15H17N3O2/c16-13-5-6-18(14-4-2-1-3-12(13)14)11-15(19)17-7-9-20-10-8-17/h1-6,16H,7-11H2. The van der Waals surface area contributed by atoms with Crippen LogP contribution in [0.1, 0.15) is 0 Å². The van der Waals surface area contributed by atoms with Crippen LogP contribution in [-0.4, -0.2) is 41.7 Å². The number of rotatable bonds is 2. The molecule has 1 aromatic heterocycles. The van der Waals surface area contributed by atoms with E-state index in [4.69, 9.17) is 10.1 Å². The maximum absolute atomic E-state index is 12.3. The lowest BCUT2D eigenvalue weighted by Crippen LogP contribution is -2.42. The largest absolute Gasteiger partial charge is 0.378 e. The van der Waals surface area contributed by atoms with Gasteiger partial charge in [0.2, 0.25) is 5.91 Å². The molecule has 1 N–H and O–H groups in total. The van der Waals surface area contributed by atoms with E-state index in [1.165, 1.54) is 0 Å². The molecule has 20 heavy (non-hydrogen) atoms. The zero-order valence-corrected chi connectivity index (χ0v) is 11.2. The van der Waals surface area contributed by atoms with Crippen molar-refractivity contribution in [3.8, 4) is 0 Å². The minimum Gasteiger partial charge on any atom is -0.378 e. The second-order valence-electron chi connectivity index (χ2n) is 4.87. The van der Waals surface area contributed by atoms with Crippen LogP contribution in [0.4, 0.5) is 0 Å². The van der Waals surface area contributed by atoms with E-state index >= 15 is 0 Å². The number of carbonyl (C=O) groups is 1. The van der Waals surface area contributed by atoms with E-state index in [0.717, 1.165) is 10.9 Å². The van der Waals surface area contributed by atoms with Crippen molar-refractivity contribution < 1.29 is 9.53 Å². The second-order valence-corrected chi connectivity index (χ2v) is 4.87. The fourth-order valence-electron chi connectivity index (χ4n) is 2.48. The van der Waals surface area contributed by atoms with Crippen molar-refractivity contribution in [2.24, 2.45) is 0 Å². The number of hydrogen-bond donors (Lipinski definition) is 1. The molecular formula is C15H17N3O2. The van der Waals surface area contributed by atoms with Crippen LogP contribution in [0.25, 0.3) is 10.9 Å². The second kappa shape index (κ2) is 5.46. The smallest absolute Gasteiger partial charge is 0.242 e. The summed E-state index contributed by atoms with van der Waals surface area (Å²) in [5.74, 6) is 0.0983. The maximum atomic E-state index is 12.3. The summed E-state index contributed by atoms with van der Waals surface area (Å²) in [6.45, 7) is 2.86. The Labute approximate surface area is 116 Å². The molecule has 1 aliphatic heterocycles. The zero-order chi connectivity index (χ0) is 13.9. The quantitative estimate of drug-likeness (QED) is 0.885. The van der Waals surface area contributed by atoms with Gasteiger partial charge in [-0.05, 0) is 12.1 Å². The molecule has 1 saturated heterocycles. The fraction of sp³-hybridized carbons (Fsp3) is 0.333. The lowest BCUT2D eigenvalue weighted by Gasteiger charge is -2.27. The molecule has 0 spiro atoms. The molecule has 0 unspecified atom stereocenters. The molecule has 1 amide bonds. The summed E-state index contributed by atoms with van der Waals surface area (Å²) in [5.41, 5.74) is 0.918. The van der Waals surface area contributed by atoms with Crippen LogP contribution < -0.4 is 5.36 Å². The molecule has 0 bridgehead atoms. The Morgan fingerprint density at radius 2 is 1.95 bits per heavy atom. The zero-order valence-electron chi connectivity index (χ0n) is 11.2. The predicted octanol–water partition coefficient (Wildman–Crippen LogP) is 0.980. The van der Waals surface area contributed by atoms with Crippen molar-refractivity contribution in [2.75, 3.05) is 26.3 Å². The molecule has 2 heterocycles. The van der Waals surface area contributed by atoms with Crippen molar-refractivity contribution in [3.05, 3.63) is 41.9 Å². The van der Waals surface area contributed by atoms with Gasteiger partial charge >= 0.3 is 0 Å². The third kappa shape index (κ3) is 2.44. The highest BCUT2D eigenvalue weighted by molar-refractivity contribution is 5.82. The SMILES string of the molecule is N=c1ccn(CC(=O)N2CCOCC2)c2ccccc12. The molecule has 5 heteroatoms. The summed E-state index contributed by atoms with van der Waals surface area (Å²) in [4.78, 5) is 14.1. The van der Waals surface area contributed by atoms with Gasteiger partial charge < -0.3 is 19.6 Å². The molecule has 1 aliphatic rings. The third-order valence-corrected chi connectivity index (χ3v) is 3.59. The number of fused-ring (bicyclic) bond motifs is 1.